The highest BCUT2D eigenvalue weighted by atomic mass is 28.3. The first-order valence-corrected chi connectivity index (χ1v) is 9.19. The van der Waals surface area contributed by atoms with Crippen molar-refractivity contribution in [3.63, 3.8) is 0 Å². The normalized spacial score (nSPS) is 11.3. The number of hydrogen-bond acceptors (Lipinski definition) is 1. The summed E-state index contributed by atoms with van der Waals surface area (Å²) in [5.41, 5.74) is 2.02. The van der Waals surface area contributed by atoms with Gasteiger partial charge in [0.25, 0.3) is 0 Å². The van der Waals surface area contributed by atoms with Gasteiger partial charge < -0.3 is 0 Å². The van der Waals surface area contributed by atoms with E-state index in [1.807, 2.05) is 49.4 Å². The molecular weight excluding hydrogens is 236 g/mol. The second-order valence-corrected chi connectivity index (χ2v) is 9.47. The Hall–Kier alpha value is -1.67. The molecule has 0 radical (unpaired) electrons. The zero-order valence-corrected chi connectivity index (χ0v) is 12.1. The lowest BCUT2D eigenvalue weighted by atomic mass is 10.2. The number of aryl methyl sites for hydroxylation is 1. The summed E-state index contributed by atoms with van der Waals surface area (Å²) >= 11 is 0. The van der Waals surface area contributed by atoms with E-state index < -0.39 is 8.07 Å². The summed E-state index contributed by atoms with van der Waals surface area (Å²) < 4.78 is 0. The Morgan fingerprint density at radius 3 is 2.00 bits per heavy atom. The van der Waals surface area contributed by atoms with Gasteiger partial charge in [-0.1, -0.05) is 78.4 Å². The molecule has 0 heterocycles. The molecule has 0 spiro atoms. The molecule has 0 aromatic heterocycles. The minimum atomic E-state index is -2.08. The van der Waals surface area contributed by atoms with Crippen LogP contribution >= 0.6 is 0 Å². The third kappa shape index (κ3) is 2.43. The van der Waals surface area contributed by atoms with Crippen molar-refractivity contribution in [2.45, 2.75) is 20.0 Å². The molecule has 1 nitrogen and oxygen atoms in total. The average Bonchev–Trinajstić information content (AvgIpc) is 2.40. The Morgan fingerprint density at radius 2 is 1.44 bits per heavy atom. The van der Waals surface area contributed by atoms with E-state index in [0.29, 0.717) is 5.41 Å². The summed E-state index contributed by atoms with van der Waals surface area (Å²) in [6, 6.07) is 18.0. The fourth-order valence-electron chi connectivity index (χ4n) is 2.05. The maximum Gasteiger partial charge on any atom is 0.163 e. The molecule has 2 rings (SSSR count). The molecule has 0 saturated carbocycles. The zero-order valence-electron chi connectivity index (χ0n) is 11.1. The van der Waals surface area contributed by atoms with Gasteiger partial charge in [0.1, 0.15) is 5.41 Å². The highest BCUT2D eigenvalue weighted by molar-refractivity contribution is 7.14. The van der Waals surface area contributed by atoms with Gasteiger partial charge in [-0.3, -0.25) is 4.79 Å². The smallest absolute Gasteiger partial charge is 0.163 e. The van der Waals surface area contributed by atoms with Crippen LogP contribution in [0.5, 0.6) is 0 Å². The van der Waals surface area contributed by atoms with Crippen LogP contribution in [-0.4, -0.2) is 13.5 Å². The third-order valence-corrected chi connectivity index (χ3v) is 6.58. The van der Waals surface area contributed by atoms with E-state index in [-0.39, 0.29) is 0 Å². The van der Waals surface area contributed by atoms with E-state index in [9.17, 15) is 4.79 Å². The molecule has 18 heavy (non-hydrogen) atoms. The lowest BCUT2D eigenvalue weighted by Gasteiger charge is -2.21. The highest BCUT2D eigenvalue weighted by Crippen LogP contribution is 2.13. The Labute approximate surface area is 109 Å². The van der Waals surface area contributed by atoms with Crippen molar-refractivity contribution in [3.05, 3.63) is 65.7 Å². The largest absolute Gasteiger partial charge is 0.300 e. The Kier molecular flexibility index (Phi) is 3.48. The molecule has 0 bridgehead atoms. The quantitative estimate of drug-likeness (QED) is 0.768. The van der Waals surface area contributed by atoms with Crippen LogP contribution in [0.2, 0.25) is 13.1 Å². The molecule has 2 aromatic rings. The first-order chi connectivity index (χ1) is 8.51. The molecule has 0 aliphatic rings. The van der Waals surface area contributed by atoms with Gasteiger partial charge in [-0.05, 0) is 6.92 Å². The average molecular weight is 254 g/mol. The van der Waals surface area contributed by atoms with Crippen LogP contribution in [0.1, 0.15) is 15.9 Å². The van der Waals surface area contributed by atoms with Crippen LogP contribution in [0, 0.1) is 6.92 Å². The van der Waals surface area contributed by atoms with E-state index in [1.165, 1.54) is 10.8 Å². The van der Waals surface area contributed by atoms with Gasteiger partial charge >= 0.3 is 0 Å². The summed E-state index contributed by atoms with van der Waals surface area (Å²) in [5, 5.41) is 1.49. The standard InChI is InChI=1S/C16H18OSi/c1-13-9-11-14(12-10-13)16(17)18(2,3)15-7-5-4-6-8-15/h4-12H,1-3H3. The lowest BCUT2D eigenvalue weighted by Crippen LogP contribution is -2.49. The van der Waals surface area contributed by atoms with E-state index in [0.717, 1.165) is 5.56 Å². The van der Waals surface area contributed by atoms with Crippen molar-refractivity contribution in [2.24, 2.45) is 0 Å². The second kappa shape index (κ2) is 4.90. The summed E-state index contributed by atoms with van der Waals surface area (Å²) in [6.07, 6.45) is 0. The number of hydrogen-bond donors (Lipinski definition) is 0. The van der Waals surface area contributed by atoms with Crippen LogP contribution in [0.4, 0.5) is 0 Å². The molecule has 0 fully saturated rings. The Bertz CT molecular complexity index is 541. The number of benzene rings is 2. The molecule has 0 N–H and O–H groups in total. The molecule has 0 aliphatic carbocycles. The van der Waals surface area contributed by atoms with Gasteiger partial charge in [-0.25, -0.2) is 0 Å². The van der Waals surface area contributed by atoms with Crippen LogP contribution in [-0.2, 0) is 0 Å². The monoisotopic (exact) mass is 254 g/mol. The summed E-state index contributed by atoms with van der Waals surface area (Å²) in [6.45, 7) is 6.27. The highest BCUT2D eigenvalue weighted by Gasteiger charge is 2.33. The van der Waals surface area contributed by atoms with Crippen LogP contribution in [0.15, 0.2) is 54.6 Å². The van der Waals surface area contributed by atoms with E-state index in [4.69, 9.17) is 0 Å². The Morgan fingerprint density at radius 1 is 0.889 bits per heavy atom. The molecular formula is C16H18OSi. The molecule has 0 atom stereocenters. The summed E-state index contributed by atoms with van der Waals surface area (Å²) in [4.78, 5) is 12.6. The summed E-state index contributed by atoms with van der Waals surface area (Å²) in [7, 11) is -2.08. The summed E-state index contributed by atoms with van der Waals surface area (Å²) in [5.74, 6) is 0. The fraction of sp³-hybridized carbons (Fsp3) is 0.188. The van der Waals surface area contributed by atoms with E-state index >= 15 is 0 Å². The van der Waals surface area contributed by atoms with E-state index in [2.05, 4.69) is 25.2 Å². The minimum absolute atomic E-state index is 0.300. The molecule has 0 saturated heterocycles. The van der Waals surface area contributed by atoms with Crippen molar-refractivity contribution < 1.29 is 4.79 Å². The number of carbonyl (C=O) groups is 1. The van der Waals surface area contributed by atoms with Crippen molar-refractivity contribution in [1.82, 2.24) is 0 Å². The Balaban J connectivity index is 2.36. The third-order valence-electron chi connectivity index (χ3n) is 3.38. The first kappa shape index (κ1) is 12.8. The zero-order chi connectivity index (χ0) is 13.2. The molecule has 2 aromatic carbocycles. The molecule has 0 aliphatic heterocycles. The fourth-order valence-corrected chi connectivity index (χ4v) is 4.23. The van der Waals surface area contributed by atoms with Crippen LogP contribution < -0.4 is 5.19 Å². The maximum atomic E-state index is 12.6. The first-order valence-electron chi connectivity index (χ1n) is 6.19. The van der Waals surface area contributed by atoms with Crippen LogP contribution in [0.3, 0.4) is 0 Å². The predicted molar refractivity (Wildman–Crippen MR) is 79.1 cm³/mol. The maximum absolute atomic E-state index is 12.6. The molecule has 0 unspecified atom stereocenters. The topological polar surface area (TPSA) is 17.1 Å². The van der Waals surface area contributed by atoms with Crippen molar-refractivity contribution >= 4 is 18.7 Å². The van der Waals surface area contributed by atoms with Crippen molar-refractivity contribution in [3.8, 4) is 0 Å². The number of rotatable bonds is 3. The number of carbonyl (C=O) groups excluding carboxylic acids is 1. The van der Waals surface area contributed by atoms with Gasteiger partial charge in [0, 0.05) is 5.56 Å². The van der Waals surface area contributed by atoms with E-state index in [1.54, 1.807) is 0 Å². The predicted octanol–water partition coefficient (Wildman–Crippen LogP) is 3.33. The minimum Gasteiger partial charge on any atom is -0.300 e. The SMILES string of the molecule is Cc1ccc(C(=O)[Si](C)(C)c2ccccc2)cc1. The molecule has 92 valence electrons. The molecule has 2 heteroatoms. The second-order valence-electron chi connectivity index (χ2n) is 5.19. The van der Waals surface area contributed by atoms with Gasteiger partial charge in [0.05, 0.1) is 0 Å². The van der Waals surface area contributed by atoms with Crippen LogP contribution in [0.25, 0.3) is 0 Å². The van der Waals surface area contributed by atoms with Gasteiger partial charge in [-0.15, -0.1) is 0 Å². The lowest BCUT2D eigenvalue weighted by molar-refractivity contribution is 0.107. The van der Waals surface area contributed by atoms with Crippen molar-refractivity contribution in [1.29, 1.82) is 0 Å². The van der Waals surface area contributed by atoms with Gasteiger partial charge in [0.15, 0.2) is 8.07 Å². The molecule has 0 amide bonds. The van der Waals surface area contributed by atoms with Gasteiger partial charge in [-0.2, -0.15) is 0 Å². The van der Waals surface area contributed by atoms with Crippen molar-refractivity contribution in [2.75, 3.05) is 0 Å². The van der Waals surface area contributed by atoms with Gasteiger partial charge in [0.2, 0.25) is 0 Å².